The third kappa shape index (κ3) is 3.61. The lowest BCUT2D eigenvalue weighted by Gasteiger charge is -2.06. The van der Waals surface area contributed by atoms with Gasteiger partial charge in [-0.1, -0.05) is 48.5 Å². The molecule has 0 radical (unpaired) electrons. The molecule has 2 amide bonds. The summed E-state index contributed by atoms with van der Waals surface area (Å²) < 4.78 is 0. The number of amides is 2. The molecule has 0 aliphatic carbocycles. The van der Waals surface area contributed by atoms with Gasteiger partial charge in [-0.25, -0.2) is 9.59 Å². The molecule has 0 saturated heterocycles. The van der Waals surface area contributed by atoms with Gasteiger partial charge in [0.15, 0.2) is 0 Å². The molecule has 0 atom stereocenters. The summed E-state index contributed by atoms with van der Waals surface area (Å²) in [6, 6.07) is 19.5. The number of rotatable bonds is 4. The Labute approximate surface area is 142 Å². The summed E-state index contributed by atoms with van der Waals surface area (Å²) in [5.41, 5.74) is 1.61. The van der Waals surface area contributed by atoms with Crippen LogP contribution in [0.15, 0.2) is 66.7 Å². The number of hydrogen-bond acceptors (Lipinski definition) is 3. The van der Waals surface area contributed by atoms with Crippen LogP contribution in [0, 0.1) is 0 Å². The van der Waals surface area contributed by atoms with Crippen molar-refractivity contribution >= 4 is 34.0 Å². The first kappa shape index (κ1) is 15.8. The van der Waals surface area contributed by atoms with E-state index < -0.39 is 12.0 Å². The van der Waals surface area contributed by atoms with Crippen LogP contribution in [0.25, 0.3) is 10.4 Å². The second-order valence-corrected chi connectivity index (χ2v) is 6.02. The predicted molar refractivity (Wildman–Crippen MR) is 95.8 cm³/mol. The molecule has 0 saturated carbocycles. The highest BCUT2D eigenvalue weighted by molar-refractivity contribution is 7.20. The van der Waals surface area contributed by atoms with Gasteiger partial charge in [0.1, 0.15) is 5.00 Å². The molecule has 0 aliphatic rings. The first-order valence-electron chi connectivity index (χ1n) is 7.19. The highest BCUT2D eigenvalue weighted by Gasteiger charge is 2.18. The van der Waals surface area contributed by atoms with E-state index in [1.807, 2.05) is 36.4 Å². The fraction of sp³-hybridized carbons (Fsp3) is 0. The number of carboxylic acid groups (broad SMARTS) is 1. The van der Waals surface area contributed by atoms with Crippen molar-refractivity contribution in [1.29, 1.82) is 0 Å². The fourth-order valence-corrected chi connectivity index (χ4v) is 3.22. The van der Waals surface area contributed by atoms with Crippen molar-refractivity contribution in [2.24, 2.45) is 0 Å². The minimum atomic E-state index is -1.08. The lowest BCUT2D eigenvalue weighted by atomic mass is 10.1. The topological polar surface area (TPSA) is 78.4 Å². The summed E-state index contributed by atoms with van der Waals surface area (Å²) in [6.45, 7) is 0. The smallest absolute Gasteiger partial charge is 0.338 e. The Morgan fingerprint density at radius 1 is 0.875 bits per heavy atom. The maximum absolute atomic E-state index is 12.1. The van der Waals surface area contributed by atoms with E-state index in [9.17, 15) is 14.7 Å². The van der Waals surface area contributed by atoms with E-state index in [0.29, 0.717) is 10.7 Å². The van der Waals surface area contributed by atoms with E-state index in [2.05, 4.69) is 10.6 Å². The summed E-state index contributed by atoms with van der Waals surface area (Å²) in [4.78, 5) is 24.3. The Bertz CT molecular complexity index is 860. The van der Waals surface area contributed by atoms with Gasteiger partial charge >= 0.3 is 12.0 Å². The van der Waals surface area contributed by atoms with Crippen LogP contribution >= 0.6 is 11.3 Å². The van der Waals surface area contributed by atoms with Gasteiger partial charge in [0, 0.05) is 10.6 Å². The van der Waals surface area contributed by atoms with Gasteiger partial charge in [-0.05, 0) is 23.8 Å². The van der Waals surface area contributed by atoms with Crippen molar-refractivity contribution in [3.8, 4) is 10.4 Å². The highest BCUT2D eigenvalue weighted by atomic mass is 32.1. The molecule has 0 unspecified atom stereocenters. The number of anilines is 2. The van der Waals surface area contributed by atoms with Gasteiger partial charge in [-0.15, -0.1) is 11.3 Å². The Morgan fingerprint density at radius 3 is 2.12 bits per heavy atom. The number of thiophene rings is 1. The van der Waals surface area contributed by atoms with Crippen LogP contribution in [0.3, 0.4) is 0 Å². The first-order valence-corrected chi connectivity index (χ1v) is 8.01. The first-order chi connectivity index (χ1) is 11.6. The van der Waals surface area contributed by atoms with Crippen LogP contribution in [0.2, 0.25) is 0 Å². The minimum Gasteiger partial charge on any atom is -0.478 e. The van der Waals surface area contributed by atoms with Crippen molar-refractivity contribution in [3.05, 3.63) is 72.3 Å². The van der Waals surface area contributed by atoms with Crippen LogP contribution < -0.4 is 10.6 Å². The molecule has 0 aliphatic heterocycles. The molecule has 6 heteroatoms. The van der Waals surface area contributed by atoms with Crippen LogP contribution in [-0.2, 0) is 0 Å². The number of nitrogens with one attached hydrogen (secondary N) is 2. The number of para-hydroxylation sites is 1. The van der Waals surface area contributed by atoms with E-state index >= 15 is 0 Å². The third-order valence-electron chi connectivity index (χ3n) is 3.28. The fourth-order valence-electron chi connectivity index (χ4n) is 2.17. The van der Waals surface area contributed by atoms with Crippen molar-refractivity contribution in [1.82, 2.24) is 0 Å². The normalized spacial score (nSPS) is 10.2. The number of urea groups is 1. The molecule has 24 heavy (non-hydrogen) atoms. The standard InChI is InChI=1S/C18H14N2O3S/c21-17(22)14-11-15(12-7-3-1-4-8-12)24-16(14)20-18(23)19-13-9-5-2-6-10-13/h1-11H,(H,21,22)(H2,19,20,23). The molecular formula is C18H14N2O3S. The SMILES string of the molecule is O=C(Nc1ccccc1)Nc1sc(-c2ccccc2)cc1C(=O)O. The molecule has 3 aromatic rings. The molecule has 120 valence electrons. The number of carbonyl (C=O) groups excluding carboxylic acids is 1. The molecule has 0 spiro atoms. The maximum Gasteiger partial charge on any atom is 0.338 e. The maximum atomic E-state index is 12.1. The summed E-state index contributed by atoms with van der Waals surface area (Å²) in [7, 11) is 0. The van der Waals surface area contributed by atoms with Crippen molar-refractivity contribution in [2.75, 3.05) is 10.6 Å². The summed E-state index contributed by atoms with van der Waals surface area (Å²) in [5, 5.41) is 15.0. The molecular weight excluding hydrogens is 324 g/mol. The number of carboxylic acids is 1. The summed E-state index contributed by atoms with van der Waals surface area (Å²) in [5.74, 6) is -1.08. The van der Waals surface area contributed by atoms with E-state index in [1.54, 1.807) is 30.3 Å². The Hall–Kier alpha value is -3.12. The second-order valence-electron chi connectivity index (χ2n) is 4.97. The van der Waals surface area contributed by atoms with E-state index in [1.165, 1.54) is 11.3 Å². The average Bonchev–Trinajstić information content (AvgIpc) is 3.00. The molecule has 1 aromatic heterocycles. The Balaban J connectivity index is 1.83. The average molecular weight is 338 g/mol. The van der Waals surface area contributed by atoms with Gasteiger partial charge < -0.3 is 10.4 Å². The van der Waals surface area contributed by atoms with Crippen molar-refractivity contribution in [3.63, 3.8) is 0 Å². The second kappa shape index (κ2) is 6.97. The largest absolute Gasteiger partial charge is 0.478 e. The number of carbonyl (C=O) groups is 2. The summed E-state index contributed by atoms with van der Waals surface area (Å²) in [6.07, 6.45) is 0. The van der Waals surface area contributed by atoms with Crippen LogP contribution in [0.1, 0.15) is 10.4 Å². The molecule has 3 rings (SSSR count). The highest BCUT2D eigenvalue weighted by Crippen LogP contribution is 2.35. The number of aromatic carboxylic acids is 1. The van der Waals surface area contributed by atoms with Crippen molar-refractivity contribution in [2.45, 2.75) is 0 Å². The minimum absolute atomic E-state index is 0.0714. The molecule has 2 aromatic carbocycles. The quantitative estimate of drug-likeness (QED) is 0.642. The zero-order valence-electron chi connectivity index (χ0n) is 12.5. The zero-order chi connectivity index (χ0) is 16.9. The number of hydrogen-bond donors (Lipinski definition) is 3. The number of benzene rings is 2. The van der Waals surface area contributed by atoms with E-state index in [-0.39, 0.29) is 5.56 Å². The van der Waals surface area contributed by atoms with Crippen molar-refractivity contribution < 1.29 is 14.7 Å². The third-order valence-corrected chi connectivity index (χ3v) is 4.38. The van der Waals surface area contributed by atoms with Gasteiger partial charge in [-0.3, -0.25) is 5.32 Å². The summed E-state index contributed by atoms with van der Waals surface area (Å²) >= 11 is 1.23. The predicted octanol–water partition coefficient (Wildman–Crippen LogP) is 4.76. The zero-order valence-corrected chi connectivity index (χ0v) is 13.3. The molecule has 5 nitrogen and oxygen atoms in total. The monoisotopic (exact) mass is 338 g/mol. The van der Waals surface area contributed by atoms with E-state index in [0.717, 1.165) is 10.4 Å². The lowest BCUT2D eigenvalue weighted by Crippen LogP contribution is -2.19. The van der Waals surface area contributed by atoms with Gasteiger partial charge in [-0.2, -0.15) is 0 Å². The van der Waals surface area contributed by atoms with Crippen LogP contribution in [0.5, 0.6) is 0 Å². The van der Waals surface area contributed by atoms with E-state index in [4.69, 9.17) is 0 Å². The lowest BCUT2D eigenvalue weighted by molar-refractivity contribution is 0.0698. The molecule has 0 bridgehead atoms. The molecule has 1 heterocycles. The molecule has 3 N–H and O–H groups in total. The van der Waals surface area contributed by atoms with Crippen LogP contribution in [-0.4, -0.2) is 17.1 Å². The van der Waals surface area contributed by atoms with Crippen LogP contribution in [0.4, 0.5) is 15.5 Å². The molecule has 0 fully saturated rings. The Kier molecular flexibility index (Phi) is 4.58. The Morgan fingerprint density at radius 2 is 1.50 bits per heavy atom. The van der Waals surface area contributed by atoms with Gasteiger partial charge in [0.05, 0.1) is 5.56 Å². The van der Waals surface area contributed by atoms with Gasteiger partial charge in [0.2, 0.25) is 0 Å². The van der Waals surface area contributed by atoms with Gasteiger partial charge in [0.25, 0.3) is 0 Å².